The molecule has 0 radical (unpaired) electrons. The fraction of sp³-hybridized carbons (Fsp3) is 0.667. The first-order valence-corrected chi connectivity index (χ1v) is 14.8. The lowest BCUT2D eigenvalue weighted by atomic mass is 9.92. The molecule has 1 aliphatic rings. The number of nitrogens with zero attached hydrogens (tertiary/aromatic N) is 1. The molecule has 1 aromatic rings. The van der Waals surface area contributed by atoms with E-state index >= 15 is 0 Å². The minimum atomic E-state index is -3.69. The lowest BCUT2D eigenvalue weighted by Gasteiger charge is -2.30. The molecule has 2 unspecified atom stereocenters. The number of hydrogen-bond donors (Lipinski definition) is 2. The predicted molar refractivity (Wildman–Crippen MR) is 136 cm³/mol. The van der Waals surface area contributed by atoms with Crippen molar-refractivity contribution in [2.75, 3.05) is 19.4 Å². The average Bonchev–Trinajstić information content (AvgIpc) is 2.79. The molecule has 2 rings (SSSR count). The fourth-order valence-electron chi connectivity index (χ4n) is 3.63. The van der Waals surface area contributed by atoms with E-state index in [1.807, 2.05) is 58.0 Å². The summed E-state index contributed by atoms with van der Waals surface area (Å²) in [6.07, 6.45) is 3.46. The highest BCUT2D eigenvalue weighted by Crippen LogP contribution is 2.32. The number of benzene rings is 1. The molecule has 198 valence electrons. The predicted octanol–water partition coefficient (Wildman–Crippen LogP) is 3.33. The Morgan fingerprint density at radius 2 is 1.80 bits per heavy atom. The van der Waals surface area contributed by atoms with Gasteiger partial charge in [0.1, 0.15) is 5.25 Å². The molecule has 9 nitrogen and oxygen atoms in total. The molecular weight excluding hydrogens is 490 g/mol. The van der Waals surface area contributed by atoms with Crippen molar-refractivity contribution < 1.29 is 27.6 Å². The smallest absolute Gasteiger partial charge is 0.257 e. The van der Waals surface area contributed by atoms with Crippen LogP contribution in [-0.4, -0.2) is 55.6 Å². The SMILES string of the molecule is CC(C)C[C@@H](C(=O)NN(CC(C)C)S(C)(=O)=O)C(Sc1ccccc1)C(=O)NOC1CCCCO1. The Kier molecular flexibility index (Phi) is 12.0. The molecule has 2 amide bonds. The van der Waals surface area contributed by atoms with Crippen molar-refractivity contribution in [3.63, 3.8) is 0 Å². The molecule has 3 atom stereocenters. The molecule has 0 bridgehead atoms. The van der Waals surface area contributed by atoms with Gasteiger partial charge in [0.2, 0.25) is 15.9 Å². The maximum absolute atomic E-state index is 13.5. The van der Waals surface area contributed by atoms with Crippen molar-refractivity contribution >= 4 is 33.6 Å². The summed E-state index contributed by atoms with van der Waals surface area (Å²) in [6, 6.07) is 9.31. The van der Waals surface area contributed by atoms with Crippen LogP contribution in [0, 0.1) is 17.8 Å². The fourth-order valence-corrected chi connectivity index (χ4v) is 5.61. The first-order chi connectivity index (χ1) is 16.5. The molecule has 11 heteroatoms. The van der Waals surface area contributed by atoms with Gasteiger partial charge in [0.25, 0.3) is 5.91 Å². The molecule has 1 fully saturated rings. The van der Waals surface area contributed by atoms with Gasteiger partial charge in [-0.2, -0.15) is 0 Å². The van der Waals surface area contributed by atoms with Crippen molar-refractivity contribution in [2.45, 2.75) is 69.8 Å². The topological polar surface area (TPSA) is 114 Å². The van der Waals surface area contributed by atoms with E-state index < -0.39 is 39.3 Å². The number of hydrazine groups is 1. The number of rotatable bonds is 13. The summed E-state index contributed by atoms with van der Waals surface area (Å²) in [5.74, 6) is -1.73. The zero-order valence-corrected chi connectivity index (χ0v) is 22.9. The molecule has 35 heavy (non-hydrogen) atoms. The quantitative estimate of drug-likeness (QED) is 0.298. The Balaban J connectivity index is 2.29. The summed E-state index contributed by atoms with van der Waals surface area (Å²) in [7, 11) is -3.69. The number of hydrogen-bond acceptors (Lipinski definition) is 7. The minimum absolute atomic E-state index is 0.00439. The van der Waals surface area contributed by atoms with Crippen LogP contribution in [0.5, 0.6) is 0 Å². The van der Waals surface area contributed by atoms with E-state index in [-0.39, 0.29) is 18.4 Å². The van der Waals surface area contributed by atoms with Gasteiger partial charge in [-0.15, -0.1) is 16.2 Å². The van der Waals surface area contributed by atoms with Crippen LogP contribution >= 0.6 is 11.8 Å². The first-order valence-electron chi connectivity index (χ1n) is 12.0. The van der Waals surface area contributed by atoms with Crippen LogP contribution in [0.3, 0.4) is 0 Å². The van der Waals surface area contributed by atoms with Crippen molar-refractivity contribution in [1.82, 2.24) is 15.3 Å². The van der Waals surface area contributed by atoms with Gasteiger partial charge in [-0.25, -0.2) is 18.7 Å². The van der Waals surface area contributed by atoms with Crippen LogP contribution in [0.2, 0.25) is 0 Å². The number of carbonyl (C=O) groups is 2. The molecule has 1 heterocycles. The normalized spacial score (nSPS) is 18.5. The van der Waals surface area contributed by atoms with Crippen molar-refractivity contribution in [3.8, 4) is 0 Å². The van der Waals surface area contributed by atoms with Gasteiger partial charge < -0.3 is 4.74 Å². The molecule has 1 aromatic carbocycles. The maximum atomic E-state index is 13.5. The monoisotopic (exact) mass is 529 g/mol. The van der Waals surface area contributed by atoms with Crippen LogP contribution in [0.25, 0.3) is 0 Å². The lowest BCUT2D eigenvalue weighted by molar-refractivity contribution is -0.200. The highest BCUT2D eigenvalue weighted by molar-refractivity contribution is 8.00. The molecule has 0 spiro atoms. The van der Waals surface area contributed by atoms with Crippen LogP contribution < -0.4 is 10.9 Å². The van der Waals surface area contributed by atoms with Gasteiger partial charge in [0, 0.05) is 24.5 Å². The van der Waals surface area contributed by atoms with Crippen LogP contribution in [0.4, 0.5) is 0 Å². The van der Waals surface area contributed by atoms with E-state index in [1.54, 1.807) is 0 Å². The Bertz CT molecular complexity index is 905. The second kappa shape index (κ2) is 14.2. The van der Waals surface area contributed by atoms with Gasteiger partial charge in [0.15, 0.2) is 6.29 Å². The third-order valence-corrected chi connectivity index (χ3v) is 7.67. The Morgan fingerprint density at radius 3 is 2.34 bits per heavy atom. The third-order valence-electron chi connectivity index (χ3n) is 5.29. The van der Waals surface area contributed by atoms with Crippen LogP contribution in [-0.2, 0) is 29.2 Å². The summed E-state index contributed by atoms with van der Waals surface area (Å²) in [5.41, 5.74) is 5.07. The van der Waals surface area contributed by atoms with E-state index in [0.717, 1.165) is 28.4 Å². The van der Waals surface area contributed by atoms with Crippen molar-refractivity contribution in [1.29, 1.82) is 0 Å². The standard InChI is InChI=1S/C24H39N3O6S2/c1-17(2)15-20(23(28)25-27(16-18(3)4)35(5,30)31)22(34-19-11-7-6-8-12-19)24(29)26-33-21-13-9-10-14-32-21/h6-8,11-12,17-18,20-22H,9-10,13-16H2,1-5H3,(H,25,28)(H,26,29)/t20-,21?,22?/m1/s1. The zero-order chi connectivity index (χ0) is 26.0. The summed E-state index contributed by atoms with van der Waals surface area (Å²) in [5, 5.41) is -0.858. The lowest BCUT2D eigenvalue weighted by Crippen LogP contribution is -2.53. The van der Waals surface area contributed by atoms with Gasteiger partial charge in [-0.3, -0.25) is 15.0 Å². The number of hydroxylamine groups is 1. The Morgan fingerprint density at radius 1 is 1.11 bits per heavy atom. The highest BCUT2D eigenvalue weighted by atomic mass is 32.2. The minimum Gasteiger partial charge on any atom is -0.350 e. The second-order valence-electron chi connectivity index (χ2n) is 9.63. The molecule has 1 saturated heterocycles. The molecule has 0 aromatic heterocycles. The Labute approximate surface area is 213 Å². The van der Waals surface area contributed by atoms with Crippen LogP contribution in [0.1, 0.15) is 53.4 Å². The molecule has 0 saturated carbocycles. The number of thioether (sulfide) groups is 1. The Hall–Kier alpha value is -1.66. The van der Waals surface area contributed by atoms with Crippen LogP contribution in [0.15, 0.2) is 35.2 Å². The van der Waals surface area contributed by atoms with Gasteiger partial charge in [0.05, 0.1) is 12.2 Å². The summed E-state index contributed by atoms with van der Waals surface area (Å²) in [6.45, 7) is 8.33. The number of nitrogens with one attached hydrogen (secondary N) is 2. The maximum Gasteiger partial charge on any atom is 0.257 e. The number of carbonyl (C=O) groups excluding carboxylic acids is 2. The average molecular weight is 530 g/mol. The molecular formula is C24H39N3O6S2. The van der Waals surface area contributed by atoms with Crippen molar-refractivity contribution in [3.05, 3.63) is 30.3 Å². The summed E-state index contributed by atoms with van der Waals surface area (Å²) >= 11 is 1.25. The van der Waals surface area contributed by atoms with E-state index in [4.69, 9.17) is 9.57 Å². The highest BCUT2D eigenvalue weighted by Gasteiger charge is 2.37. The molecule has 0 aliphatic carbocycles. The number of ether oxygens (including phenoxy) is 1. The van der Waals surface area contributed by atoms with Gasteiger partial charge in [-0.1, -0.05) is 45.9 Å². The largest absolute Gasteiger partial charge is 0.350 e. The van der Waals surface area contributed by atoms with Gasteiger partial charge in [-0.05, 0) is 43.2 Å². The van der Waals surface area contributed by atoms with E-state index in [0.29, 0.717) is 19.4 Å². The molecule has 2 N–H and O–H groups in total. The summed E-state index contributed by atoms with van der Waals surface area (Å²) < 4.78 is 31.1. The van der Waals surface area contributed by atoms with Gasteiger partial charge >= 0.3 is 0 Å². The third kappa shape index (κ3) is 10.5. The zero-order valence-electron chi connectivity index (χ0n) is 21.2. The van der Waals surface area contributed by atoms with E-state index in [9.17, 15) is 18.0 Å². The molecule has 1 aliphatic heterocycles. The number of sulfonamides is 1. The van der Waals surface area contributed by atoms with Crippen molar-refractivity contribution in [2.24, 2.45) is 17.8 Å². The number of amides is 2. The van der Waals surface area contributed by atoms with E-state index in [1.165, 1.54) is 11.8 Å². The first kappa shape index (κ1) is 29.6. The second-order valence-corrected chi connectivity index (χ2v) is 12.8. The summed E-state index contributed by atoms with van der Waals surface area (Å²) in [4.78, 5) is 33.2. The van der Waals surface area contributed by atoms with E-state index in [2.05, 4.69) is 10.9 Å².